The third kappa shape index (κ3) is 2.87. The molecule has 5 unspecified atom stereocenters. The smallest absolute Gasteiger partial charge is 0.183 e. The van der Waals surface area contributed by atoms with Crippen molar-refractivity contribution in [1.82, 2.24) is 5.32 Å². The Morgan fingerprint density at radius 3 is 2.27 bits per heavy atom. The Balaban J connectivity index is 2.67. The fraction of sp³-hybridized carbons (Fsp3) is 1.00. The molecule has 1 aliphatic rings. The van der Waals surface area contributed by atoms with Crippen molar-refractivity contribution in [2.45, 2.75) is 44.6 Å². The molecular formula is C9H19NO5. The highest BCUT2D eigenvalue weighted by Gasteiger charge is 2.43. The predicted molar refractivity (Wildman–Crippen MR) is 51.7 cm³/mol. The van der Waals surface area contributed by atoms with Gasteiger partial charge in [-0.05, 0) is 13.8 Å². The number of aliphatic hydroxyl groups excluding tert-OH is 4. The molecule has 1 aliphatic heterocycles. The normalized spacial score (nSPS) is 42.2. The molecule has 0 aromatic rings. The average molecular weight is 221 g/mol. The zero-order chi connectivity index (χ0) is 11.6. The first kappa shape index (κ1) is 12.8. The molecule has 1 rings (SSSR count). The Bertz CT molecular complexity index is 201. The summed E-state index contributed by atoms with van der Waals surface area (Å²) in [5, 5.41) is 40.4. The molecule has 6 nitrogen and oxygen atoms in total. The van der Waals surface area contributed by atoms with E-state index < -0.39 is 37.3 Å². The Kier molecular flexibility index (Phi) is 4.45. The molecule has 90 valence electrons. The van der Waals surface area contributed by atoms with Gasteiger partial charge in [-0.25, -0.2) is 0 Å². The van der Waals surface area contributed by atoms with Crippen LogP contribution in [0.4, 0.5) is 0 Å². The third-order valence-electron chi connectivity index (χ3n) is 2.47. The minimum Gasteiger partial charge on any atom is -0.396 e. The molecular weight excluding hydrogens is 202 g/mol. The Morgan fingerprint density at radius 2 is 1.80 bits per heavy atom. The first-order valence-electron chi connectivity index (χ1n) is 5.04. The largest absolute Gasteiger partial charge is 0.396 e. The third-order valence-corrected chi connectivity index (χ3v) is 2.47. The fourth-order valence-corrected chi connectivity index (χ4v) is 1.63. The molecule has 0 saturated carbocycles. The van der Waals surface area contributed by atoms with Crippen LogP contribution in [0.25, 0.3) is 0 Å². The second kappa shape index (κ2) is 5.20. The van der Waals surface area contributed by atoms with Crippen LogP contribution in [0.5, 0.6) is 0 Å². The predicted octanol–water partition coefficient (Wildman–Crippen LogP) is -2.01. The van der Waals surface area contributed by atoms with Crippen LogP contribution < -0.4 is 5.32 Å². The molecule has 5 atom stereocenters. The van der Waals surface area contributed by atoms with Crippen molar-refractivity contribution >= 4 is 0 Å². The molecule has 15 heavy (non-hydrogen) atoms. The summed E-state index contributed by atoms with van der Waals surface area (Å²) in [5.41, 5.74) is 0. The molecule has 1 saturated heterocycles. The lowest BCUT2D eigenvalue weighted by atomic mass is 9.92. The van der Waals surface area contributed by atoms with E-state index in [1.807, 2.05) is 13.8 Å². The molecule has 5 N–H and O–H groups in total. The molecule has 1 fully saturated rings. The molecule has 0 aliphatic carbocycles. The number of rotatable bonds is 3. The fourth-order valence-electron chi connectivity index (χ4n) is 1.63. The molecule has 0 amide bonds. The topological polar surface area (TPSA) is 102 Å². The second-order valence-corrected chi connectivity index (χ2v) is 4.10. The highest BCUT2D eigenvalue weighted by atomic mass is 16.6. The number of hydrogen-bond acceptors (Lipinski definition) is 6. The number of nitrogens with one attached hydrogen (secondary N) is 1. The van der Waals surface area contributed by atoms with E-state index in [-0.39, 0.29) is 6.04 Å². The monoisotopic (exact) mass is 221 g/mol. The summed E-state index contributed by atoms with van der Waals surface area (Å²) >= 11 is 0. The number of hydrogen-bond donors (Lipinski definition) is 5. The van der Waals surface area contributed by atoms with E-state index in [1.54, 1.807) is 0 Å². The van der Waals surface area contributed by atoms with E-state index >= 15 is 0 Å². The quantitative estimate of drug-likeness (QED) is 0.377. The van der Waals surface area contributed by atoms with Gasteiger partial charge in [0.05, 0.1) is 6.61 Å². The van der Waals surface area contributed by atoms with E-state index in [1.165, 1.54) is 0 Å². The van der Waals surface area contributed by atoms with Crippen LogP contribution in [-0.2, 0) is 4.74 Å². The van der Waals surface area contributed by atoms with Crippen molar-refractivity contribution in [2.24, 2.45) is 5.92 Å². The molecule has 0 bridgehead atoms. The highest BCUT2D eigenvalue weighted by molar-refractivity contribution is 4.87. The summed E-state index contributed by atoms with van der Waals surface area (Å²) in [6.45, 7) is 3.32. The first-order valence-corrected chi connectivity index (χ1v) is 5.04. The summed E-state index contributed by atoms with van der Waals surface area (Å²) in [6, 6.07) is 0.0615. The van der Waals surface area contributed by atoms with E-state index in [9.17, 15) is 15.3 Å². The summed E-state index contributed by atoms with van der Waals surface area (Å²) in [5.74, 6) is -0.801. The van der Waals surface area contributed by atoms with Gasteiger partial charge in [0.1, 0.15) is 18.4 Å². The van der Waals surface area contributed by atoms with Crippen LogP contribution in [0, 0.1) is 5.92 Å². The van der Waals surface area contributed by atoms with Gasteiger partial charge in [0.25, 0.3) is 0 Å². The molecule has 0 aromatic heterocycles. The van der Waals surface area contributed by atoms with Gasteiger partial charge >= 0.3 is 0 Å². The first-order chi connectivity index (χ1) is 6.97. The van der Waals surface area contributed by atoms with Gasteiger partial charge in [0.2, 0.25) is 0 Å². The van der Waals surface area contributed by atoms with Gasteiger partial charge in [-0.1, -0.05) is 0 Å². The van der Waals surface area contributed by atoms with Gasteiger partial charge in [-0.2, -0.15) is 0 Å². The zero-order valence-corrected chi connectivity index (χ0v) is 8.87. The SMILES string of the molecule is CC(C)NC1OC(O)C(O)C(CO)C1O. The van der Waals surface area contributed by atoms with Gasteiger partial charge in [0.15, 0.2) is 6.29 Å². The van der Waals surface area contributed by atoms with Gasteiger partial charge < -0.3 is 25.2 Å². The summed E-state index contributed by atoms with van der Waals surface area (Å²) in [4.78, 5) is 0. The molecule has 0 spiro atoms. The van der Waals surface area contributed by atoms with Crippen molar-refractivity contribution in [3.63, 3.8) is 0 Å². The van der Waals surface area contributed by atoms with Crippen LogP contribution in [0.3, 0.4) is 0 Å². The number of aliphatic hydroxyl groups is 4. The van der Waals surface area contributed by atoms with E-state index in [4.69, 9.17) is 9.84 Å². The average Bonchev–Trinajstić information content (AvgIpc) is 2.14. The lowest BCUT2D eigenvalue weighted by molar-refractivity contribution is -0.279. The second-order valence-electron chi connectivity index (χ2n) is 4.10. The van der Waals surface area contributed by atoms with Crippen molar-refractivity contribution in [1.29, 1.82) is 0 Å². The Morgan fingerprint density at radius 1 is 1.20 bits per heavy atom. The minimum absolute atomic E-state index is 0.0615. The summed E-state index contributed by atoms with van der Waals surface area (Å²) < 4.78 is 4.99. The van der Waals surface area contributed by atoms with Crippen molar-refractivity contribution in [3.8, 4) is 0 Å². The maximum Gasteiger partial charge on any atom is 0.183 e. The maximum absolute atomic E-state index is 9.75. The van der Waals surface area contributed by atoms with Crippen LogP contribution >= 0.6 is 0 Å². The van der Waals surface area contributed by atoms with E-state index in [0.29, 0.717) is 0 Å². The summed E-state index contributed by atoms with van der Waals surface area (Å²) in [6.07, 6.45) is -4.48. The van der Waals surface area contributed by atoms with Gasteiger partial charge in [0, 0.05) is 12.0 Å². The lowest BCUT2D eigenvalue weighted by Crippen LogP contribution is -2.60. The van der Waals surface area contributed by atoms with Crippen LogP contribution in [0.15, 0.2) is 0 Å². The van der Waals surface area contributed by atoms with Crippen molar-refractivity contribution in [2.75, 3.05) is 6.61 Å². The highest BCUT2D eigenvalue weighted by Crippen LogP contribution is 2.23. The zero-order valence-electron chi connectivity index (χ0n) is 8.87. The van der Waals surface area contributed by atoms with Crippen LogP contribution in [0.2, 0.25) is 0 Å². The van der Waals surface area contributed by atoms with E-state index in [0.717, 1.165) is 0 Å². The Hall–Kier alpha value is -0.240. The molecule has 0 radical (unpaired) electrons. The Labute approximate surface area is 88.5 Å². The summed E-state index contributed by atoms with van der Waals surface area (Å²) in [7, 11) is 0. The molecule has 1 heterocycles. The van der Waals surface area contributed by atoms with Crippen molar-refractivity contribution < 1.29 is 25.2 Å². The maximum atomic E-state index is 9.75. The standard InChI is InChI=1S/C9H19NO5/c1-4(2)10-8-6(12)5(3-11)7(13)9(14)15-8/h4-14H,3H2,1-2H3. The van der Waals surface area contributed by atoms with Gasteiger partial charge in [-0.3, -0.25) is 5.32 Å². The molecule has 6 heteroatoms. The minimum atomic E-state index is -1.39. The van der Waals surface area contributed by atoms with E-state index in [2.05, 4.69) is 5.32 Å². The van der Waals surface area contributed by atoms with Crippen LogP contribution in [0.1, 0.15) is 13.8 Å². The lowest BCUT2D eigenvalue weighted by Gasteiger charge is -2.41. The van der Waals surface area contributed by atoms with Crippen molar-refractivity contribution in [3.05, 3.63) is 0 Å². The van der Waals surface area contributed by atoms with Crippen LogP contribution in [-0.4, -0.2) is 57.8 Å². The molecule has 0 aromatic carbocycles. The number of ether oxygens (including phenoxy) is 1. The van der Waals surface area contributed by atoms with Gasteiger partial charge in [-0.15, -0.1) is 0 Å².